The number of benzene rings is 2. The number of rotatable bonds is 4. The Morgan fingerprint density at radius 2 is 1.89 bits per heavy atom. The Morgan fingerprint density at radius 1 is 1.16 bits per heavy atom. The summed E-state index contributed by atoms with van der Waals surface area (Å²) < 4.78 is 6.17. The average molecular weight is 320 g/mol. The zero-order valence-corrected chi connectivity index (χ0v) is 11.8. The molecular formula is C15H14BrNO2. The minimum absolute atomic E-state index is 0.221. The molecule has 0 bridgehead atoms. The Balaban J connectivity index is 1.95. The van der Waals surface area contributed by atoms with Gasteiger partial charge in [-0.05, 0) is 23.3 Å². The lowest BCUT2D eigenvalue weighted by molar-refractivity contribution is -0.146. The quantitative estimate of drug-likeness (QED) is 0.880. The SMILES string of the molecule is N[C@@H](C(=O)OCc1cccc(Br)c1)c1ccccc1. The molecular weight excluding hydrogens is 306 g/mol. The Bertz CT molecular complexity index is 557. The first kappa shape index (κ1) is 13.8. The van der Waals surface area contributed by atoms with Gasteiger partial charge in [0.2, 0.25) is 0 Å². The van der Waals surface area contributed by atoms with Crippen LogP contribution in [-0.4, -0.2) is 5.97 Å². The van der Waals surface area contributed by atoms with Crippen molar-refractivity contribution in [2.45, 2.75) is 12.6 Å². The van der Waals surface area contributed by atoms with Crippen molar-refractivity contribution >= 4 is 21.9 Å². The summed E-state index contributed by atoms with van der Waals surface area (Å²) in [5.41, 5.74) is 7.52. The van der Waals surface area contributed by atoms with Gasteiger partial charge >= 0.3 is 5.97 Å². The second kappa shape index (κ2) is 6.50. The average Bonchev–Trinajstić information content (AvgIpc) is 2.45. The van der Waals surface area contributed by atoms with Gasteiger partial charge in [-0.3, -0.25) is 0 Å². The van der Waals surface area contributed by atoms with Gasteiger partial charge in [-0.15, -0.1) is 0 Å². The summed E-state index contributed by atoms with van der Waals surface area (Å²) in [4.78, 5) is 11.8. The highest BCUT2D eigenvalue weighted by Gasteiger charge is 2.16. The van der Waals surface area contributed by atoms with Crippen molar-refractivity contribution in [2.75, 3.05) is 0 Å². The molecule has 0 fully saturated rings. The molecule has 19 heavy (non-hydrogen) atoms. The molecule has 4 heteroatoms. The topological polar surface area (TPSA) is 52.3 Å². The summed E-state index contributed by atoms with van der Waals surface area (Å²) in [6.07, 6.45) is 0. The van der Waals surface area contributed by atoms with Gasteiger partial charge in [0.25, 0.3) is 0 Å². The van der Waals surface area contributed by atoms with Crippen molar-refractivity contribution in [1.82, 2.24) is 0 Å². The van der Waals surface area contributed by atoms with E-state index in [1.165, 1.54) is 0 Å². The fourth-order valence-corrected chi connectivity index (χ4v) is 2.11. The zero-order valence-electron chi connectivity index (χ0n) is 10.3. The van der Waals surface area contributed by atoms with E-state index in [2.05, 4.69) is 15.9 Å². The third-order valence-corrected chi connectivity index (χ3v) is 3.18. The molecule has 2 aromatic carbocycles. The maximum Gasteiger partial charge on any atom is 0.327 e. The second-order valence-corrected chi connectivity index (χ2v) is 5.04. The Labute approximate surface area is 120 Å². The molecule has 0 unspecified atom stereocenters. The number of halogens is 1. The van der Waals surface area contributed by atoms with E-state index in [1.807, 2.05) is 54.6 Å². The summed E-state index contributed by atoms with van der Waals surface area (Å²) in [5.74, 6) is -0.425. The van der Waals surface area contributed by atoms with E-state index in [4.69, 9.17) is 10.5 Å². The summed E-state index contributed by atoms with van der Waals surface area (Å²) in [6.45, 7) is 0.221. The molecule has 1 atom stereocenters. The lowest BCUT2D eigenvalue weighted by Crippen LogP contribution is -2.23. The maximum atomic E-state index is 11.8. The lowest BCUT2D eigenvalue weighted by Gasteiger charge is -2.11. The van der Waals surface area contributed by atoms with Crippen molar-refractivity contribution < 1.29 is 9.53 Å². The minimum atomic E-state index is -0.742. The van der Waals surface area contributed by atoms with Crippen molar-refractivity contribution in [2.24, 2.45) is 5.73 Å². The van der Waals surface area contributed by atoms with E-state index < -0.39 is 12.0 Å². The number of nitrogens with two attached hydrogens (primary N) is 1. The Hall–Kier alpha value is -1.65. The van der Waals surface area contributed by atoms with Crippen LogP contribution in [-0.2, 0) is 16.1 Å². The van der Waals surface area contributed by atoms with Crippen LogP contribution in [0.1, 0.15) is 17.2 Å². The molecule has 3 nitrogen and oxygen atoms in total. The molecule has 0 aliphatic carbocycles. The van der Waals surface area contributed by atoms with Crippen molar-refractivity contribution in [3.05, 3.63) is 70.2 Å². The molecule has 2 aromatic rings. The lowest BCUT2D eigenvalue weighted by atomic mass is 10.1. The number of carbonyl (C=O) groups excluding carboxylic acids is 1. The zero-order chi connectivity index (χ0) is 13.7. The van der Waals surface area contributed by atoms with Gasteiger partial charge < -0.3 is 10.5 Å². The number of hydrogen-bond acceptors (Lipinski definition) is 3. The van der Waals surface area contributed by atoms with Gasteiger partial charge in [-0.25, -0.2) is 4.79 Å². The van der Waals surface area contributed by atoms with Crippen LogP contribution in [0, 0.1) is 0 Å². The summed E-state index contributed by atoms with van der Waals surface area (Å²) >= 11 is 3.37. The van der Waals surface area contributed by atoms with Crippen LogP contribution in [0.4, 0.5) is 0 Å². The van der Waals surface area contributed by atoms with E-state index >= 15 is 0 Å². The summed E-state index contributed by atoms with van der Waals surface area (Å²) in [5, 5.41) is 0. The monoisotopic (exact) mass is 319 g/mol. The van der Waals surface area contributed by atoms with Crippen LogP contribution < -0.4 is 5.73 Å². The first-order chi connectivity index (χ1) is 9.16. The van der Waals surface area contributed by atoms with Crippen LogP contribution in [0.25, 0.3) is 0 Å². The predicted molar refractivity (Wildman–Crippen MR) is 77.3 cm³/mol. The van der Waals surface area contributed by atoms with Gasteiger partial charge in [0.05, 0.1) is 0 Å². The molecule has 0 aromatic heterocycles. The largest absolute Gasteiger partial charge is 0.459 e. The van der Waals surface area contributed by atoms with E-state index in [1.54, 1.807) is 0 Å². The van der Waals surface area contributed by atoms with Gasteiger partial charge in [-0.2, -0.15) is 0 Å². The van der Waals surface area contributed by atoms with Crippen LogP contribution >= 0.6 is 15.9 Å². The highest BCUT2D eigenvalue weighted by Crippen LogP contribution is 2.15. The first-order valence-corrected chi connectivity index (χ1v) is 6.68. The molecule has 2 rings (SSSR count). The third-order valence-electron chi connectivity index (χ3n) is 2.68. The van der Waals surface area contributed by atoms with E-state index in [9.17, 15) is 4.79 Å². The van der Waals surface area contributed by atoms with Crippen LogP contribution in [0.2, 0.25) is 0 Å². The van der Waals surface area contributed by atoms with Crippen molar-refractivity contribution in [3.8, 4) is 0 Å². The van der Waals surface area contributed by atoms with E-state index in [0.717, 1.165) is 15.6 Å². The third kappa shape index (κ3) is 3.91. The van der Waals surface area contributed by atoms with Crippen molar-refractivity contribution in [3.63, 3.8) is 0 Å². The molecule has 0 saturated heterocycles. The first-order valence-electron chi connectivity index (χ1n) is 5.88. The number of carbonyl (C=O) groups is 1. The Kier molecular flexibility index (Phi) is 4.71. The van der Waals surface area contributed by atoms with Crippen LogP contribution in [0.15, 0.2) is 59.1 Å². The second-order valence-electron chi connectivity index (χ2n) is 4.13. The smallest absolute Gasteiger partial charge is 0.327 e. The van der Waals surface area contributed by atoms with Crippen LogP contribution in [0.3, 0.4) is 0 Å². The van der Waals surface area contributed by atoms with Crippen molar-refractivity contribution in [1.29, 1.82) is 0 Å². The van der Waals surface area contributed by atoms with Gasteiger partial charge in [0.15, 0.2) is 0 Å². The highest BCUT2D eigenvalue weighted by atomic mass is 79.9. The predicted octanol–water partition coefficient (Wildman–Crippen LogP) is 3.19. The fraction of sp³-hybridized carbons (Fsp3) is 0.133. The number of ether oxygens (including phenoxy) is 1. The molecule has 98 valence electrons. The standard InChI is InChI=1S/C15H14BrNO2/c16-13-8-4-5-11(9-13)10-19-15(18)14(17)12-6-2-1-3-7-12/h1-9,14H,10,17H2/t14-/m1/s1. The molecule has 0 amide bonds. The summed E-state index contributed by atoms with van der Waals surface area (Å²) in [6, 6.07) is 16.1. The van der Waals surface area contributed by atoms with Gasteiger partial charge in [0, 0.05) is 4.47 Å². The van der Waals surface area contributed by atoms with E-state index in [-0.39, 0.29) is 6.61 Å². The maximum absolute atomic E-state index is 11.8. The van der Waals surface area contributed by atoms with E-state index in [0.29, 0.717) is 0 Å². The summed E-state index contributed by atoms with van der Waals surface area (Å²) in [7, 11) is 0. The molecule has 0 aliphatic rings. The van der Waals surface area contributed by atoms with Gasteiger partial charge in [-0.1, -0.05) is 58.4 Å². The molecule has 0 aliphatic heterocycles. The fourth-order valence-electron chi connectivity index (χ4n) is 1.67. The molecule has 0 spiro atoms. The highest BCUT2D eigenvalue weighted by molar-refractivity contribution is 9.10. The van der Waals surface area contributed by atoms with Crippen LogP contribution in [0.5, 0.6) is 0 Å². The number of hydrogen-bond donors (Lipinski definition) is 1. The molecule has 0 heterocycles. The molecule has 2 N–H and O–H groups in total. The Morgan fingerprint density at radius 3 is 2.58 bits per heavy atom. The minimum Gasteiger partial charge on any atom is -0.459 e. The van der Waals surface area contributed by atoms with Gasteiger partial charge in [0.1, 0.15) is 12.6 Å². The molecule has 0 saturated carbocycles. The molecule has 0 radical (unpaired) electrons. The normalized spacial score (nSPS) is 11.9. The number of esters is 1.